The van der Waals surface area contributed by atoms with Gasteiger partial charge in [-0.1, -0.05) is 58.3 Å². The molecule has 0 aliphatic heterocycles. The van der Waals surface area contributed by atoms with E-state index in [0.717, 1.165) is 38.9 Å². The predicted octanol–water partition coefficient (Wildman–Crippen LogP) is 4.16. The quantitative estimate of drug-likeness (QED) is 0.227. The van der Waals surface area contributed by atoms with Gasteiger partial charge in [-0.05, 0) is 45.7 Å². The fourth-order valence-corrected chi connectivity index (χ4v) is 3.22. The van der Waals surface area contributed by atoms with E-state index in [2.05, 4.69) is 11.8 Å². The van der Waals surface area contributed by atoms with Crippen molar-refractivity contribution in [3.05, 3.63) is 0 Å². The van der Waals surface area contributed by atoms with Crippen molar-refractivity contribution in [1.82, 2.24) is 4.90 Å². The first-order chi connectivity index (χ1) is 12.9. The van der Waals surface area contributed by atoms with Gasteiger partial charge in [0.2, 0.25) is 0 Å². The van der Waals surface area contributed by atoms with Crippen molar-refractivity contribution in [2.45, 2.75) is 90.9 Å². The lowest BCUT2D eigenvalue weighted by molar-refractivity contribution is -0.163. The fourth-order valence-electron chi connectivity index (χ4n) is 3.22. The van der Waals surface area contributed by atoms with Crippen LogP contribution in [0.15, 0.2) is 0 Å². The molecule has 27 heavy (non-hydrogen) atoms. The summed E-state index contributed by atoms with van der Waals surface area (Å²) in [5.74, 6) is -2.54. The van der Waals surface area contributed by atoms with Crippen LogP contribution in [0.4, 0.5) is 0 Å². The molecule has 0 spiro atoms. The van der Waals surface area contributed by atoms with Gasteiger partial charge >= 0.3 is 11.9 Å². The Morgan fingerprint density at radius 3 is 1.67 bits per heavy atom. The number of hydrogen-bond acceptors (Lipinski definition) is 4. The number of aliphatic carboxylic acids is 2. The van der Waals surface area contributed by atoms with Crippen molar-refractivity contribution in [2.75, 3.05) is 26.2 Å². The highest BCUT2D eigenvalue weighted by Crippen LogP contribution is 2.25. The zero-order valence-corrected chi connectivity index (χ0v) is 17.4. The Hall–Kier alpha value is -1.14. The molecule has 160 valence electrons. The van der Waals surface area contributed by atoms with Gasteiger partial charge in [-0.2, -0.15) is 0 Å². The van der Waals surface area contributed by atoms with Crippen molar-refractivity contribution in [3.63, 3.8) is 0 Å². The summed E-state index contributed by atoms with van der Waals surface area (Å²) in [5, 5.41) is 27.4. The largest absolute Gasteiger partial charge is 0.480 e. The van der Waals surface area contributed by atoms with Crippen LogP contribution in [-0.4, -0.2) is 58.4 Å². The molecule has 0 aromatic rings. The SMILES string of the molecule is CCCCCCCCCCN(CCCO)CCCCC(C)(C(=O)O)C(=O)O. The first-order valence-corrected chi connectivity index (χ1v) is 10.7. The Kier molecular flexibility index (Phi) is 15.2. The van der Waals surface area contributed by atoms with Crippen molar-refractivity contribution < 1.29 is 24.9 Å². The molecular formula is C21H41NO5. The number of nitrogens with zero attached hydrogens (tertiary/aromatic N) is 1. The van der Waals surface area contributed by atoms with Gasteiger partial charge < -0.3 is 20.2 Å². The van der Waals surface area contributed by atoms with Crippen LogP contribution in [0.25, 0.3) is 0 Å². The molecule has 6 nitrogen and oxygen atoms in total. The number of aliphatic hydroxyl groups excluding tert-OH is 1. The zero-order valence-electron chi connectivity index (χ0n) is 17.4. The van der Waals surface area contributed by atoms with E-state index >= 15 is 0 Å². The molecule has 0 unspecified atom stereocenters. The van der Waals surface area contributed by atoms with Crippen LogP contribution in [0.1, 0.15) is 90.9 Å². The predicted molar refractivity (Wildman–Crippen MR) is 108 cm³/mol. The van der Waals surface area contributed by atoms with Crippen molar-refractivity contribution in [3.8, 4) is 0 Å². The molecule has 0 bridgehead atoms. The molecule has 0 amide bonds. The van der Waals surface area contributed by atoms with Crippen LogP contribution in [-0.2, 0) is 9.59 Å². The third kappa shape index (κ3) is 12.0. The molecule has 0 aliphatic carbocycles. The average molecular weight is 388 g/mol. The third-order valence-electron chi connectivity index (χ3n) is 5.31. The molecule has 0 heterocycles. The lowest BCUT2D eigenvalue weighted by Crippen LogP contribution is -2.36. The highest BCUT2D eigenvalue weighted by atomic mass is 16.4. The molecule has 3 N–H and O–H groups in total. The summed E-state index contributed by atoms with van der Waals surface area (Å²) in [6, 6.07) is 0. The molecule has 0 saturated heterocycles. The highest BCUT2D eigenvalue weighted by molar-refractivity contribution is 5.97. The van der Waals surface area contributed by atoms with Gasteiger partial charge in [0.05, 0.1) is 0 Å². The van der Waals surface area contributed by atoms with E-state index < -0.39 is 17.4 Å². The summed E-state index contributed by atoms with van der Waals surface area (Å²) < 4.78 is 0. The molecule has 0 saturated carbocycles. The minimum atomic E-state index is -1.70. The third-order valence-corrected chi connectivity index (χ3v) is 5.31. The minimum absolute atomic E-state index is 0.142. The Labute approximate surface area is 165 Å². The van der Waals surface area contributed by atoms with Crippen LogP contribution in [0.3, 0.4) is 0 Å². The summed E-state index contributed by atoms with van der Waals surface area (Å²) in [6.07, 6.45) is 12.4. The van der Waals surface area contributed by atoms with Crippen molar-refractivity contribution in [1.29, 1.82) is 0 Å². The van der Waals surface area contributed by atoms with E-state index in [4.69, 9.17) is 15.3 Å². The standard InChI is InChI=1S/C21H41NO5/c1-3-4-5-6-7-8-9-11-15-22(17-13-18-23)16-12-10-14-21(2,19(24)25)20(26)27/h23H,3-18H2,1-2H3,(H,24,25)(H,26,27). The van der Waals surface area contributed by atoms with Crippen molar-refractivity contribution >= 4 is 11.9 Å². The summed E-state index contributed by atoms with van der Waals surface area (Å²) in [5.41, 5.74) is -1.70. The van der Waals surface area contributed by atoms with Crippen LogP contribution in [0, 0.1) is 5.41 Å². The Bertz CT molecular complexity index is 386. The van der Waals surface area contributed by atoms with E-state index in [9.17, 15) is 9.59 Å². The maximum Gasteiger partial charge on any atom is 0.320 e. The minimum Gasteiger partial charge on any atom is -0.480 e. The fraction of sp³-hybridized carbons (Fsp3) is 0.905. The lowest BCUT2D eigenvalue weighted by Gasteiger charge is -2.23. The van der Waals surface area contributed by atoms with Crippen LogP contribution < -0.4 is 0 Å². The average Bonchev–Trinajstić information content (AvgIpc) is 2.63. The van der Waals surface area contributed by atoms with E-state index in [1.54, 1.807) is 0 Å². The number of unbranched alkanes of at least 4 members (excludes halogenated alkanes) is 8. The van der Waals surface area contributed by atoms with Crippen molar-refractivity contribution in [2.24, 2.45) is 5.41 Å². The lowest BCUT2D eigenvalue weighted by atomic mass is 9.85. The van der Waals surface area contributed by atoms with Crippen LogP contribution in [0.2, 0.25) is 0 Å². The highest BCUT2D eigenvalue weighted by Gasteiger charge is 2.40. The monoisotopic (exact) mass is 387 g/mol. The van der Waals surface area contributed by atoms with E-state index in [1.165, 1.54) is 51.9 Å². The number of hydrogen-bond donors (Lipinski definition) is 3. The van der Waals surface area contributed by atoms with Crippen LogP contribution >= 0.6 is 0 Å². The van der Waals surface area contributed by atoms with Gasteiger partial charge in [0.25, 0.3) is 0 Å². The molecule has 0 aromatic carbocycles. The summed E-state index contributed by atoms with van der Waals surface area (Å²) in [7, 11) is 0. The molecule has 0 fully saturated rings. The molecule has 0 aromatic heterocycles. The zero-order chi connectivity index (χ0) is 20.5. The number of carbonyl (C=O) groups is 2. The van der Waals surface area contributed by atoms with Crippen LogP contribution in [0.5, 0.6) is 0 Å². The van der Waals surface area contributed by atoms with Gasteiger partial charge in [-0.15, -0.1) is 0 Å². The number of carboxylic acid groups (broad SMARTS) is 2. The van der Waals surface area contributed by atoms with Gasteiger partial charge in [-0.25, -0.2) is 0 Å². The molecule has 0 aliphatic rings. The molecule has 0 atom stereocenters. The second-order valence-corrected chi connectivity index (χ2v) is 7.79. The number of aliphatic hydroxyl groups is 1. The summed E-state index contributed by atoms with van der Waals surface area (Å²) in [4.78, 5) is 24.7. The van der Waals surface area contributed by atoms with E-state index in [0.29, 0.717) is 6.42 Å². The molecule has 6 heteroatoms. The second kappa shape index (κ2) is 15.9. The first-order valence-electron chi connectivity index (χ1n) is 10.7. The Morgan fingerprint density at radius 1 is 0.741 bits per heavy atom. The summed E-state index contributed by atoms with van der Waals surface area (Å²) in [6.45, 7) is 6.33. The van der Waals surface area contributed by atoms with Gasteiger partial charge in [0.15, 0.2) is 5.41 Å². The smallest absolute Gasteiger partial charge is 0.320 e. The van der Waals surface area contributed by atoms with Gasteiger partial charge in [0, 0.05) is 13.2 Å². The van der Waals surface area contributed by atoms with Gasteiger partial charge in [-0.3, -0.25) is 9.59 Å². The number of carboxylic acids is 2. The topological polar surface area (TPSA) is 98.1 Å². The Balaban J connectivity index is 4.05. The van der Waals surface area contributed by atoms with Gasteiger partial charge in [0.1, 0.15) is 0 Å². The Morgan fingerprint density at radius 2 is 1.19 bits per heavy atom. The molecular weight excluding hydrogens is 346 g/mol. The van der Waals surface area contributed by atoms with E-state index in [1.807, 2.05) is 0 Å². The number of rotatable bonds is 19. The first kappa shape index (κ1) is 25.9. The summed E-state index contributed by atoms with van der Waals surface area (Å²) >= 11 is 0. The molecule has 0 radical (unpaired) electrons. The maximum absolute atomic E-state index is 11.2. The second-order valence-electron chi connectivity index (χ2n) is 7.79. The normalized spacial score (nSPS) is 11.9. The van der Waals surface area contributed by atoms with E-state index in [-0.39, 0.29) is 13.0 Å². The molecule has 0 rings (SSSR count). The maximum atomic E-state index is 11.2.